The molecule has 0 aromatic heterocycles. The Balaban J connectivity index is 1.58. The van der Waals surface area contributed by atoms with Gasteiger partial charge in [0.1, 0.15) is 6.61 Å². The summed E-state index contributed by atoms with van der Waals surface area (Å²) in [6.45, 7) is 1.18. The van der Waals surface area contributed by atoms with Gasteiger partial charge < -0.3 is 14.7 Å². The van der Waals surface area contributed by atoms with E-state index in [4.69, 9.17) is 4.74 Å². The maximum atomic E-state index is 13.4. The van der Waals surface area contributed by atoms with Crippen LogP contribution in [-0.4, -0.2) is 29.2 Å². The van der Waals surface area contributed by atoms with Gasteiger partial charge in [-0.2, -0.15) is 0 Å². The molecule has 1 heterocycles. The Labute approximate surface area is 139 Å². The van der Waals surface area contributed by atoms with E-state index in [2.05, 4.69) is 0 Å². The molecule has 0 unspecified atom stereocenters. The highest BCUT2D eigenvalue weighted by Crippen LogP contribution is 2.26. The van der Waals surface area contributed by atoms with E-state index in [0.29, 0.717) is 19.5 Å². The Kier molecular flexibility index (Phi) is 4.79. The molecule has 0 fully saturated rings. The summed E-state index contributed by atoms with van der Waals surface area (Å²) < 4.78 is 18.7. The highest BCUT2D eigenvalue weighted by molar-refractivity contribution is 5.72. The lowest BCUT2D eigenvalue weighted by atomic mass is 9.99. The third kappa shape index (κ3) is 3.74. The first-order valence-corrected chi connectivity index (χ1v) is 7.77. The Morgan fingerprint density at radius 2 is 2.00 bits per heavy atom. The van der Waals surface area contributed by atoms with Gasteiger partial charge in [0.2, 0.25) is 0 Å². The Hall–Kier alpha value is -2.82. The Morgan fingerprint density at radius 3 is 2.67 bits per heavy atom. The van der Waals surface area contributed by atoms with Crippen molar-refractivity contribution in [2.75, 3.05) is 13.1 Å². The van der Waals surface area contributed by atoms with E-state index in [1.807, 2.05) is 36.4 Å². The van der Waals surface area contributed by atoms with Crippen molar-refractivity contribution < 1.29 is 19.0 Å². The number of hydrogen-bond donors (Lipinski definition) is 1. The number of aromatic hydroxyl groups is 1. The number of amides is 1. The summed E-state index contributed by atoms with van der Waals surface area (Å²) in [5.74, 6) is -1.00. The summed E-state index contributed by atoms with van der Waals surface area (Å²) in [6, 6.07) is 13.8. The lowest BCUT2D eigenvalue weighted by molar-refractivity contribution is 0.0998. The quantitative estimate of drug-likeness (QED) is 0.928. The molecule has 0 bridgehead atoms. The fourth-order valence-electron chi connectivity index (χ4n) is 2.61. The van der Waals surface area contributed by atoms with Crippen molar-refractivity contribution in [3.05, 3.63) is 71.6 Å². The minimum atomic E-state index is -0.641. The lowest BCUT2D eigenvalue weighted by Crippen LogP contribution is -2.35. The Morgan fingerprint density at radius 1 is 1.21 bits per heavy atom. The second kappa shape index (κ2) is 7.17. The van der Waals surface area contributed by atoms with Crippen molar-refractivity contribution >= 4 is 11.7 Å². The fraction of sp³-hybridized carbons (Fsp3) is 0.211. The summed E-state index contributed by atoms with van der Waals surface area (Å²) in [5.41, 5.74) is 2.63. The zero-order valence-corrected chi connectivity index (χ0v) is 13.1. The molecule has 1 N–H and O–H groups in total. The number of ether oxygens (including phenoxy) is 1. The van der Waals surface area contributed by atoms with Gasteiger partial charge in [0.15, 0.2) is 11.6 Å². The predicted molar refractivity (Wildman–Crippen MR) is 88.9 cm³/mol. The molecule has 0 saturated carbocycles. The highest BCUT2D eigenvalue weighted by Gasteiger charge is 2.19. The Bertz CT molecular complexity index is 758. The number of carbonyl (C=O) groups is 1. The van der Waals surface area contributed by atoms with E-state index in [1.165, 1.54) is 12.1 Å². The highest BCUT2D eigenvalue weighted by atomic mass is 19.1. The number of carbonyl (C=O) groups excluding carboxylic acids is 1. The number of benzene rings is 2. The van der Waals surface area contributed by atoms with Crippen LogP contribution < -0.4 is 0 Å². The van der Waals surface area contributed by atoms with Crippen LogP contribution >= 0.6 is 0 Å². The molecule has 0 atom stereocenters. The fourth-order valence-corrected chi connectivity index (χ4v) is 2.61. The van der Waals surface area contributed by atoms with Gasteiger partial charge in [-0.25, -0.2) is 9.18 Å². The summed E-state index contributed by atoms with van der Waals surface area (Å²) >= 11 is 0. The van der Waals surface area contributed by atoms with Gasteiger partial charge in [-0.15, -0.1) is 0 Å². The maximum Gasteiger partial charge on any atom is 0.410 e. The largest absolute Gasteiger partial charge is 0.505 e. The van der Waals surface area contributed by atoms with Crippen molar-refractivity contribution in [2.24, 2.45) is 0 Å². The molecule has 0 spiro atoms. The van der Waals surface area contributed by atoms with Gasteiger partial charge in [0, 0.05) is 13.1 Å². The standard InChI is InChI=1S/C19H18FNO3/c20-17-12-16(6-7-18(17)22)15-8-10-21(11-9-15)19(23)24-13-14-4-2-1-3-5-14/h1-8,12,22H,9-11,13H2. The number of hydrogen-bond acceptors (Lipinski definition) is 3. The molecule has 0 aliphatic carbocycles. The van der Waals surface area contributed by atoms with Crippen molar-refractivity contribution in [2.45, 2.75) is 13.0 Å². The molecule has 124 valence electrons. The molecule has 1 aliphatic heterocycles. The van der Waals surface area contributed by atoms with E-state index < -0.39 is 5.82 Å². The van der Waals surface area contributed by atoms with Crippen LogP contribution in [0.25, 0.3) is 5.57 Å². The summed E-state index contributed by atoms with van der Waals surface area (Å²) in [5, 5.41) is 9.25. The van der Waals surface area contributed by atoms with Gasteiger partial charge in [-0.05, 0) is 35.3 Å². The number of phenolic OH excluding ortho intramolecular Hbond substituents is 1. The van der Waals surface area contributed by atoms with Crippen molar-refractivity contribution in [1.82, 2.24) is 4.90 Å². The van der Waals surface area contributed by atoms with Crippen LogP contribution in [0.4, 0.5) is 9.18 Å². The smallest absolute Gasteiger partial charge is 0.410 e. The van der Waals surface area contributed by atoms with Crippen LogP contribution in [0.3, 0.4) is 0 Å². The van der Waals surface area contributed by atoms with Crippen molar-refractivity contribution in [3.8, 4) is 5.75 Å². The monoisotopic (exact) mass is 327 g/mol. The predicted octanol–water partition coefficient (Wildman–Crippen LogP) is 3.96. The summed E-state index contributed by atoms with van der Waals surface area (Å²) in [4.78, 5) is 13.7. The van der Waals surface area contributed by atoms with Crippen LogP contribution in [0.5, 0.6) is 5.75 Å². The van der Waals surface area contributed by atoms with E-state index in [1.54, 1.807) is 11.0 Å². The molecule has 1 amide bonds. The van der Waals surface area contributed by atoms with E-state index >= 15 is 0 Å². The minimum absolute atomic E-state index is 0.246. The number of phenols is 1. The first kappa shape index (κ1) is 16.1. The molecule has 4 nitrogen and oxygen atoms in total. The molecule has 0 radical (unpaired) electrons. The second-order valence-electron chi connectivity index (χ2n) is 5.63. The van der Waals surface area contributed by atoms with Gasteiger partial charge >= 0.3 is 6.09 Å². The second-order valence-corrected chi connectivity index (χ2v) is 5.63. The first-order valence-electron chi connectivity index (χ1n) is 7.77. The van der Waals surface area contributed by atoms with Crippen LogP contribution in [0.15, 0.2) is 54.6 Å². The topological polar surface area (TPSA) is 49.8 Å². The number of rotatable bonds is 3. The molecule has 0 saturated heterocycles. The van der Waals surface area contributed by atoms with Crippen LogP contribution in [-0.2, 0) is 11.3 Å². The first-order chi connectivity index (χ1) is 11.6. The van der Waals surface area contributed by atoms with Gasteiger partial charge in [-0.1, -0.05) is 42.5 Å². The van der Waals surface area contributed by atoms with Crippen molar-refractivity contribution in [3.63, 3.8) is 0 Å². The van der Waals surface area contributed by atoms with Crippen molar-refractivity contribution in [1.29, 1.82) is 0 Å². The van der Waals surface area contributed by atoms with Crippen LogP contribution in [0.2, 0.25) is 0 Å². The SMILES string of the molecule is O=C(OCc1ccccc1)N1CC=C(c2ccc(O)c(F)c2)CC1. The van der Waals surface area contributed by atoms with E-state index in [-0.39, 0.29) is 18.4 Å². The molecule has 1 aliphatic rings. The molecule has 24 heavy (non-hydrogen) atoms. The molecule has 5 heteroatoms. The third-order valence-electron chi connectivity index (χ3n) is 3.99. The molecule has 2 aromatic carbocycles. The molecule has 3 rings (SSSR count). The minimum Gasteiger partial charge on any atom is -0.505 e. The van der Waals surface area contributed by atoms with Crippen LogP contribution in [0.1, 0.15) is 17.5 Å². The molecular formula is C19H18FNO3. The average Bonchev–Trinajstić information content (AvgIpc) is 2.63. The normalized spacial score (nSPS) is 14.2. The zero-order valence-electron chi connectivity index (χ0n) is 13.1. The molecular weight excluding hydrogens is 309 g/mol. The summed E-state index contributed by atoms with van der Waals surface area (Å²) in [6.07, 6.45) is 2.15. The average molecular weight is 327 g/mol. The van der Waals surface area contributed by atoms with Gasteiger partial charge in [0.05, 0.1) is 0 Å². The maximum absolute atomic E-state index is 13.4. The molecule has 2 aromatic rings. The van der Waals surface area contributed by atoms with Crippen LogP contribution in [0, 0.1) is 5.82 Å². The van der Waals surface area contributed by atoms with Gasteiger partial charge in [-0.3, -0.25) is 0 Å². The number of halogens is 1. The summed E-state index contributed by atoms with van der Waals surface area (Å²) in [7, 11) is 0. The lowest BCUT2D eigenvalue weighted by Gasteiger charge is -2.26. The number of nitrogens with zero attached hydrogens (tertiary/aromatic N) is 1. The van der Waals surface area contributed by atoms with E-state index in [0.717, 1.165) is 16.7 Å². The van der Waals surface area contributed by atoms with Gasteiger partial charge in [0.25, 0.3) is 0 Å². The van der Waals surface area contributed by atoms with E-state index in [9.17, 15) is 14.3 Å². The third-order valence-corrected chi connectivity index (χ3v) is 3.99. The zero-order chi connectivity index (χ0) is 16.9.